The summed E-state index contributed by atoms with van der Waals surface area (Å²) in [5, 5.41) is 2.85. The first-order chi connectivity index (χ1) is 17.0. The number of ether oxygens (including phenoxy) is 3. The lowest BCUT2D eigenvalue weighted by molar-refractivity contribution is -0.139. The van der Waals surface area contributed by atoms with Crippen molar-refractivity contribution in [1.29, 1.82) is 0 Å². The molecule has 0 radical (unpaired) electrons. The highest BCUT2D eigenvalue weighted by Gasteiger charge is 2.37. The fourth-order valence-electron chi connectivity index (χ4n) is 3.72. The van der Waals surface area contributed by atoms with E-state index in [-0.39, 0.29) is 30.2 Å². The van der Waals surface area contributed by atoms with Gasteiger partial charge in [-0.25, -0.2) is 14.0 Å². The molecule has 0 unspecified atom stereocenters. The van der Waals surface area contributed by atoms with Crippen LogP contribution in [-0.4, -0.2) is 37.2 Å². The Bertz CT molecular complexity index is 1250. The summed E-state index contributed by atoms with van der Waals surface area (Å²) in [5.74, 6) is 0.0470. The van der Waals surface area contributed by atoms with E-state index >= 15 is 0 Å². The molecule has 2 amide bonds. The number of para-hydroxylation sites is 2. The van der Waals surface area contributed by atoms with Gasteiger partial charge in [0, 0.05) is 7.05 Å². The second-order valence-electron chi connectivity index (χ2n) is 7.73. The van der Waals surface area contributed by atoms with Crippen LogP contribution in [0.1, 0.15) is 18.5 Å². The van der Waals surface area contributed by atoms with Gasteiger partial charge >= 0.3 is 12.0 Å². The van der Waals surface area contributed by atoms with Crippen LogP contribution in [0.25, 0.3) is 0 Å². The monoisotopic (exact) mass is 476 g/mol. The average molecular weight is 477 g/mol. The lowest BCUT2D eigenvalue weighted by Gasteiger charge is -2.34. The van der Waals surface area contributed by atoms with Gasteiger partial charge < -0.3 is 19.5 Å². The van der Waals surface area contributed by atoms with E-state index in [1.807, 2.05) is 30.3 Å². The molecule has 3 aromatic carbocycles. The van der Waals surface area contributed by atoms with E-state index in [2.05, 4.69) is 5.32 Å². The van der Waals surface area contributed by atoms with Gasteiger partial charge in [-0.3, -0.25) is 4.90 Å². The van der Waals surface area contributed by atoms with Crippen molar-refractivity contribution >= 4 is 12.0 Å². The summed E-state index contributed by atoms with van der Waals surface area (Å²) in [6, 6.07) is 21.0. The predicted octanol–water partition coefficient (Wildman–Crippen LogP) is 5.21. The van der Waals surface area contributed by atoms with Crippen LogP contribution in [0.5, 0.6) is 17.2 Å². The Labute approximate surface area is 202 Å². The highest BCUT2D eigenvalue weighted by Crippen LogP contribution is 2.34. The van der Waals surface area contributed by atoms with Gasteiger partial charge in [-0.05, 0) is 48.9 Å². The number of benzene rings is 3. The minimum atomic E-state index is -0.823. The fraction of sp³-hybridized carbons (Fsp3) is 0.185. The summed E-state index contributed by atoms with van der Waals surface area (Å²) in [6.07, 6.45) is 0. The van der Waals surface area contributed by atoms with E-state index in [0.717, 1.165) is 0 Å². The standard InChI is InChI=1S/C27H25FN2O5/c1-3-33-26(31)24-22(17-34-23-15-8-7-14-21(23)28)30(2)27(32)29-25(24)18-10-9-13-20(16-18)35-19-11-5-4-6-12-19/h4-16,25H,3,17H2,1-2H3,(H,29,32)/t25-/m1/s1. The van der Waals surface area contributed by atoms with Crippen LogP contribution >= 0.6 is 0 Å². The Balaban J connectivity index is 1.72. The zero-order valence-electron chi connectivity index (χ0n) is 19.4. The van der Waals surface area contributed by atoms with E-state index in [1.54, 1.807) is 43.3 Å². The summed E-state index contributed by atoms with van der Waals surface area (Å²) in [5.41, 5.74) is 1.09. The van der Waals surface area contributed by atoms with Gasteiger partial charge in [-0.15, -0.1) is 0 Å². The maximum Gasteiger partial charge on any atom is 0.338 e. The quantitative estimate of drug-likeness (QED) is 0.452. The first-order valence-corrected chi connectivity index (χ1v) is 11.1. The number of nitrogens with one attached hydrogen (secondary N) is 1. The number of hydrogen-bond donors (Lipinski definition) is 1. The van der Waals surface area contributed by atoms with E-state index in [4.69, 9.17) is 14.2 Å². The molecule has 0 bridgehead atoms. The first kappa shape index (κ1) is 23.8. The van der Waals surface area contributed by atoms with Crippen molar-refractivity contribution in [3.63, 3.8) is 0 Å². The summed E-state index contributed by atoms with van der Waals surface area (Å²) in [6.45, 7) is 1.63. The fourth-order valence-corrected chi connectivity index (χ4v) is 3.72. The smallest absolute Gasteiger partial charge is 0.338 e. The van der Waals surface area contributed by atoms with Crippen LogP contribution in [0.2, 0.25) is 0 Å². The zero-order valence-corrected chi connectivity index (χ0v) is 19.4. The largest absolute Gasteiger partial charge is 0.484 e. The zero-order chi connectivity index (χ0) is 24.8. The first-order valence-electron chi connectivity index (χ1n) is 11.1. The van der Waals surface area contributed by atoms with Gasteiger partial charge in [0.05, 0.1) is 23.9 Å². The highest BCUT2D eigenvalue weighted by atomic mass is 19.1. The molecule has 0 aliphatic carbocycles. The molecule has 1 aliphatic rings. The van der Waals surface area contributed by atoms with Gasteiger partial charge in [0.2, 0.25) is 0 Å². The Morgan fingerprint density at radius 1 is 1.00 bits per heavy atom. The summed E-state index contributed by atoms with van der Waals surface area (Å²) >= 11 is 0. The summed E-state index contributed by atoms with van der Waals surface area (Å²) in [4.78, 5) is 27.2. The van der Waals surface area contributed by atoms with Crippen molar-refractivity contribution in [1.82, 2.24) is 10.2 Å². The lowest BCUT2D eigenvalue weighted by Crippen LogP contribution is -2.48. The number of amides is 2. The van der Waals surface area contributed by atoms with Crippen molar-refractivity contribution in [2.45, 2.75) is 13.0 Å². The normalized spacial score (nSPS) is 15.5. The van der Waals surface area contributed by atoms with Crippen molar-refractivity contribution in [2.75, 3.05) is 20.3 Å². The molecule has 1 aliphatic heterocycles. The number of esters is 1. The number of urea groups is 1. The topological polar surface area (TPSA) is 77.1 Å². The molecular weight excluding hydrogens is 451 g/mol. The average Bonchev–Trinajstić information content (AvgIpc) is 2.86. The molecule has 180 valence electrons. The van der Waals surface area contributed by atoms with Crippen LogP contribution in [0, 0.1) is 5.82 Å². The number of hydrogen-bond acceptors (Lipinski definition) is 5. The summed E-state index contributed by atoms with van der Waals surface area (Å²) < 4.78 is 31.0. The van der Waals surface area contributed by atoms with Gasteiger partial charge in [0.25, 0.3) is 0 Å². The Morgan fingerprint density at radius 2 is 1.71 bits per heavy atom. The lowest BCUT2D eigenvalue weighted by atomic mass is 9.94. The Hall–Kier alpha value is -4.33. The maximum atomic E-state index is 14.1. The third-order valence-corrected chi connectivity index (χ3v) is 5.44. The SMILES string of the molecule is CCOC(=O)C1=C(COc2ccccc2F)N(C)C(=O)N[C@@H]1c1cccc(Oc2ccccc2)c1. The number of carbonyl (C=O) groups is 2. The van der Waals surface area contributed by atoms with Crippen LogP contribution in [0.3, 0.4) is 0 Å². The van der Waals surface area contributed by atoms with E-state index in [1.165, 1.54) is 24.1 Å². The van der Waals surface area contributed by atoms with E-state index in [0.29, 0.717) is 17.1 Å². The Kier molecular flexibility index (Phi) is 7.30. The molecule has 0 saturated carbocycles. The van der Waals surface area contributed by atoms with Crippen molar-refractivity contribution in [2.24, 2.45) is 0 Å². The maximum absolute atomic E-state index is 14.1. The number of carbonyl (C=O) groups excluding carboxylic acids is 2. The number of rotatable bonds is 8. The molecule has 1 atom stereocenters. The number of nitrogens with zero attached hydrogens (tertiary/aromatic N) is 1. The Morgan fingerprint density at radius 3 is 2.46 bits per heavy atom. The van der Waals surface area contributed by atoms with Crippen LogP contribution in [-0.2, 0) is 9.53 Å². The van der Waals surface area contributed by atoms with Gasteiger partial charge in [0.15, 0.2) is 11.6 Å². The molecule has 3 aromatic rings. The molecule has 0 saturated heterocycles. The third kappa shape index (κ3) is 5.43. The molecule has 0 aromatic heterocycles. The van der Waals surface area contributed by atoms with E-state index < -0.39 is 23.9 Å². The van der Waals surface area contributed by atoms with Crippen molar-refractivity contribution < 1.29 is 28.2 Å². The molecule has 4 rings (SSSR count). The number of likely N-dealkylation sites (N-methyl/N-ethyl adjacent to an activating group) is 1. The van der Waals surface area contributed by atoms with Crippen LogP contribution in [0.4, 0.5) is 9.18 Å². The second kappa shape index (κ2) is 10.7. The van der Waals surface area contributed by atoms with Gasteiger partial charge in [-0.2, -0.15) is 0 Å². The molecule has 1 heterocycles. The van der Waals surface area contributed by atoms with Crippen LogP contribution in [0.15, 0.2) is 90.1 Å². The third-order valence-electron chi connectivity index (χ3n) is 5.44. The van der Waals surface area contributed by atoms with E-state index in [9.17, 15) is 14.0 Å². The molecule has 0 fully saturated rings. The van der Waals surface area contributed by atoms with Crippen molar-refractivity contribution in [3.05, 3.63) is 102 Å². The van der Waals surface area contributed by atoms with Gasteiger partial charge in [-0.1, -0.05) is 42.5 Å². The summed E-state index contributed by atoms with van der Waals surface area (Å²) in [7, 11) is 1.51. The van der Waals surface area contributed by atoms with Crippen LogP contribution < -0.4 is 14.8 Å². The molecule has 0 spiro atoms. The molecule has 8 heteroatoms. The predicted molar refractivity (Wildman–Crippen MR) is 128 cm³/mol. The molecular formula is C27H25FN2O5. The highest BCUT2D eigenvalue weighted by molar-refractivity contribution is 5.95. The minimum Gasteiger partial charge on any atom is -0.484 e. The molecule has 35 heavy (non-hydrogen) atoms. The molecule has 7 nitrogen and oxygen atoms in total. The van der Waals surface area contributed by atoms with Gasteiger partial charge in [0.1, 0.15) is 18.1 Å². The number of halogens is 1. The molecule has 1 N–H and O–H groups in total. The van der Waals surface area contributed by atoms with Crippen molar-refractivity contribution in [3.8, 4) is 17.2 Å². The second-order valence-corrected chi connectivity index (χ2v) is 7.73. The minimum absolute atomic E-state index is 0.0115.